The maximum Gasteiger partial charge on any atom is 0.308 e. The van der Waals surface area contributed by atoms with E-state index in [-0.39, 0.29) is 17.5 Å². The lowest BCUT2D eigenvalue weighted by Crippen LogP contribution is -2.25. The topological polar surface area (TPSA) is 55.8 Å². The van der Waals surface area contributed by atoms with Crippen molar-refractivity contribution < 1.29 is 19.4 Å². The van der Waals surface area contributed by atoms with Gasteiger partial charge in [-0.2, -0.15) is 0 Å². The Morgan fingerprint density at radius 2 is 2.20 bits per heavy atom. The number of benzene rings is 1. The molecule has 110 valence electrons. The molecule has 4 nitrogen and oxygen atoms in total. The number of hydrogen-bond acceptors (Lipinski definition) is 4. The summed E-state index contributed by atoms with van der Waals surface area (Å²) in [6.07, 6.45) is 0.426. The van der Waals surface area contributed by atoms with Crippen LogP contribution in [0.3, 0.4) is 0 Å². The van der Waals surface area contributed by atoms with Gasteiger partial charge in [-0.3, -0.25) is 4.79 Å². The second-order valence-electron chi connectivity index (χ2n) is 6.05. The molecule has 0 radical (unpaired) electrons. The van der Waals surface area contributed by atoms with Crippen molar-refractivity contribution in [2.75, 3.05) is 7.11 Å². The van der Waals surface area contributed by atoms with E-state index in [9.17, 15) is 9.90 Å². The molecule has 0 aliphatic carbocycles. The first kappa shape index (κ1) is 14.9. The van der Waals surface area contributed by atoms with Crippen LogP contribution >= 0.6 is 0 Å². The predicted octanol–water partition coefficient (Wildman–Crippen LogP) is 2.63. The Balaban J connectivity index is 2.19. The highest BCUT2D eigenvalue weighted by atomic mass is 16.5. The van der Waals surface area contributed by atoms with Crippen LogP contribution in [0.1, 0.15) is 44.4 Å². The van der Waals surface area contributed by atoms with E-state index in [1.165, 1.54) is 7.11 Å². The fraction of sp³-hybridized carbons (Fsp3) is 0.562. The zero-order chi connectivity index (χ0) is 14.9. The normalized spacial score (nSPS) is 18.9. The zero-order valence-electron chi connectivity index (χ0n) is 12.5. The van der Waals surface area contributed by atoms with Gasteiger partial charge in [0.2, 0.25) is 0 Å². The molecule has 0 fully saturated rings. The lowest BCUT2D eigenvalue weighted by Gasteiger charge is -2.21. The summed E-state index contributed by atoms with van der Waals surface area (Å²) < 4.78 is 10.6. The summed E-state index contributed by atoms with van der Waals surface area (Å²) in [6, 6.07) is 5.80. The maximum absolute atomic E-state index is 11.5. The fourth-order valence-corrected chi connectivity index (χ4v) is 2.66. The summed E-state index contributed by atoms with van der Waals surface area (Å²) in [5.41, 5.74) is 1.62. The number of aliphatic hydroxyl groups excluding tert-OH is 1. The highest BCUT2D eigenvalue weighted by Crippen LogP contribution is 2.41. The minimum absolute atomic E-state index is 0.244. The van der Waals surface area contributed by atoms with E-state index < -0.39 is 6.10 Å². The van der Waals surface area contributed by atoms with Gasteiger partial charge >= 0.3 is 5.97 Å². The van der Waals surface area contributed by atoms with Crippen molar-refractivity contribution in [2.45, 2.75) is 45.3 Å². The third-order valence-electron chi connectivity index (χ3n) is 3.66. The molecule has 2 rings (SSSR count). The summed E-state index contributed by atoms with van der Waals surface area (Å²) in [4.78, 5) is 11.5. The van der Waals surface area contributed by atoms with Crippen molar-refractivity contribution in [1.82, 2.24) is 0 Å². The average molecular weight is 278 g/mol. The molecule has 1 aromatic carbocycles. The predicted molar refractivity (Wildman–Crippen MR) is 75.6 cm³/mol. The van der Waals surface area contributed by atoms with Crippen LogP contribution in [0.15, 0.2) is 18.2 Å². The number of aliphatic hydroxyl groups is 1. The third-order valence-corrected chi connectivity index (χ3v) is 3.66. The number of methoxy groups -OCH3 is 1. The molecule has 2 atom stereocenters. The van der Waals surface area contributed by atoms with E-state index in [0.29, 0.717) is 6.42 Å². The van der Waals surface area contributed by atoms with Crippen LogP contribution < -0.4 is 4.74 Å². The maximum atomic E-state index is 11.5. The summed E-state index contributed by atoms with van der Waals surface area (Å²) in [5.74, 6) is 0.111. The fourth-order valence-electron chi connectivity index (χ4n) is 2.66. The van der Waals surface area contributed by atoms with Gasteiger partial charge in [0.15, 0.2) is 0 Å². The molecule has 1 aromatic rings. The minimum Gasteiger partial charge on any atom is -0.487 e. The largest absolute Gasteiger partial charge is 0.487 e. The highest BCUT2D eigenvalue weighted by molar-refractivity contribution is 5.71. The van der Waals surface area contributed by atoms with E-state index in [0.717, 1.165) is 23.3 Å². The van der Waals surface area contributed by atoms with Crippen LogP contribution in [0.4, 0.5) is 0 Å². The number of hydrogen-bond donors (Lipinski definition) is 1. The van der Waals surface area contributed by atoms with E-state index in [1.54, 1.807) is 6.92 Å². The Morgan fingerprint density at radius 3 is 2.85 bits per heavy atom. The molecule has 0 saturated carbocycles. The summed E-state index contributed by atoms with van der Waals surface area (Å²) >= 11 is 0. The van der Waals surface area contributed by atoms with Gasteiger partial charge in [-0.15, -0.1) is 0 Å². The van der Waals surface area contributed by atoms with Crippen LogP contribution in [0.2, 0.25) is 0 Å². The van der Waals surface area contributed by atoms with E-state index >= 15 is 0 Å². The van der Waals surface area contributed by atoms with Crippen molar-refractivity contribution in [3.05, 3.63) is 29.3 Å². The van der Waals surface area contributed by atoms with Gasteiger partial charge in [0, 0.05) is 12.0 Å². The van der Waals surface area contributed by atoms with Crippen LogP contribution in [0.5, 0.6) is 5.75 Å². The van der Waals surface area contributed by atoms with Crippen LogP contribution in [0, 0.1) is 5.92 Å². The number of rotatable bonds is 4. The Bertz CT molecular complexity index is 507. The zero-order valence-corrected chi connectivity index (χ0v) is 12.5. The average Bonchev–Trinajstić information content (AvgIpc) is 2.70. The number of fused-ring (bicyclic) bond motifs is 1. The summed E-state index contributed by atoms with van der Waals surface area (Å²) in [5, 5.41) is 10.4. The molecule has 0 saturated heterocycles. The second-order valence-corrected chi connectivity index (χ2v) is 6.05. The molecule has 1 aliphatic rings. The molecular formula is C16H22O4. The van der Waals surface area contributed by atoms with E-state index in [4.69, 9.17) is 9.47 Å². The number of esters is 1. The van der Waals surface area contributed by atoms with Crippen molar-refractivity contribution in [2.24, 2.45) is 5.92 Å². The molecule has 1 N–H and O–H groups in total. The van der Waals surface area contributed by atoms with Crippen LogP contribution in [-0.4, -0.2) is 23.8 Å². The second kappa shape index (κ2) is 5.44. The van der Waals surface area contributed by atoms with Gasteiger partial charge in [-0.25, -0.2) is 0 Å². The number of carbonyl (C=O) groups excluding carboxylic acids is 1. The Labute approximate surface area is 119 Å². The van der Waals surface area contributed by atoms with Crippen molar-refractivity contribution in [3.8, 4) is 5.75 Å². The first-order chi connectivity index (χ1) is 9.34. The van der Waals surface area contributed by atoms with Gasteiger partial charge in [0.05, 0.1) is 19.1 Å². The number of para-hydroxylation sites is 1. The van der Waals surface area contributed by atoms with Crippen LogP contribution in [0.25, 0.3) is 0 Å². The molecular weight excluding hydrogens is 256 g/mol. The van der Waals surface area contributed by atoms with Gasteiger partial charge < -0.3 is 14.6 Å². The molecule has 0 aromatic heterocycles. The monoisotopic (exact) mass is 278 g/mol. The Morgan fingerprint density at radius 1 is 1.50 bits per heavy atom. The van der Waals surface area contributed by atoms with Gasteiger partial charge in [0.1, 0.15) is 11.4 Å². The molecule has 20 heavy (non-hydrogen) atoms. The van der Waals surface area contributed by atoms with Crippen molar-refractivity contribution in [1.29, 1.82) is 0 Å². The van der Waals surface area contributed by atoms with Crippen molar-refractivity contribution in [3.63, 3.8) is 0 Å². The molecule has 0 spiro atoms. The molecule has 0 bridgehead atoms. The molecule has 1 heterocycles. The smallest absolute Gasteiger partial charge is 0.308 e. The standard InChI is InChI=1S/C16H22O4/c1-10(15(18)19-4)8-13(17)12-7-5-6-11-9-16(2,3)20-14(11)12/h5-7,10,13,17H,8-9H2,1-4H3. The number of ether oxygens (including phenoxy) is 2. The molecule has 4 heteroatoms. The summed E-state index contributed by atoms with van der Waals surface area (Å²) in [6.45, 7) is 5.81. The third kappa shape index (κ3) is 2.96. The quantitative estimate of drug-likeness (QED) is 0.860. The Hall–Kier alpha value is -1.55. The van der Waals surface area contributed by atoms with E-state index in [1.807, 2.05) is 32.0 Å². The van der Waals surface area contributed by atoms with Crippen LogP contribution in [-0.2, 0) is 16.0 Å². The first-order valence-corrected chi connectivity index (χ1v) is 6.91. The van der Waals surface area contributed by atoms with E-state index in [2.05, 4.69) is 0 Å². The summed E-state index contributed by atoms with van der Waals surface area (Å²) in [7, 11) is 1.36. The highest BCUT2D eigenvalue weighted by Gasteiger charge is 2.33. The van der Waals surface area contributed by atoms with Gasteiger partial charge in [-0.05, 0) is 25.8 Å². The van der Waals surface area contributed by atoms with Gasteiger partial charge in [0.25, 0.3) is 0 Å². The molecule has 1 aliphatic heterocycles. The molecule has 2 unspecified atom stereocenters. The first-order valence-electron chi connectivity index (χ1n) is 6.91. The SMILES string of the molecule is COC(=O)C(C)CC(O)c1cccc2c1OC(C)(C)C2. The number of carbonyl (C=O) groups is 1. The molecule has 0 amide bonds. The van der Waals surface area contributed by atoms with Crippen molar-refractivity contribution >= 4 is 5.97 Å². The lowest BCUT2D eigenvalue weighted by atomic mass is 9.95. The van der Waals surface area contributed by atoms with Gasteiger partial charge in [-0.1, -0.05) is 25.1 Å². The minimum atomic E-state index is -0.729. The Kier molecular flexibility index (Phi) is 4.04. The lowest BCUT2D eigenvalue weighted by molar-refractivity contribution is -0.145.